The molecular weight excluding hydrogens is 422 g/mol. The summed E-state index contributed by atoms with van der Waals surface area (Å²) in [5.74, 6) is 1.36. The van der Waals surface area contributed by atoms with Crippen LogP contribution in [0.2, 0.25) is 0 Å². The molecule has 0 unspecified atom stereocenters. The Kier molecular flexibility index (Phi) is 4.73. The van der Waals surface area contributed by atoms with Crippen molar-refractivity contribution in [2.45, 2.75) is 25.7 Å². The molecule has 0 N–H and O–H groups in total. The topological polar surface area (TPSA) is 46.6 Å². The van der Waals surface area contributed by atoms with E-state index in [1.807, 2.05) is 30.3 Å². The Labute approximate surface area is 199 Å². The second kappa shape index (κ2) is 7.69. The predicted octanol–water partition coefficient (Wildman–Crippen LogP) is 6.12. The molecule has 1 heterocycles. The largest absolute Gasteiger partial charge is 0.457 e. The van der Waals surface area contributed by atoms with E-state index < -0.39 is 0 Å². The molecule has 170 valence electrons. The summed E-state index contributed by atoms with van der Waals surface area (Å²) in [6.45, 7) is 4.43. The maximum absolute atomic E-state index is 13.0. The lowest BCUT2D eigenvalue weighted by Gasteiger charge is -2.26. The van der Waals surface area contributed by atoms with Gasteiger partial charge in [-0.15, -0.1) is 0 Å². The van der Waals surface area contributed by atoms with Crippen LogP contribution in [-0.4, -0.2) is 11.8 Å². The fraction of sp³-hybridized carbons (Fsp3) is 0.267. The van der Waals surface area contributed by atoms with Gasteiger partial charge >= 0.3 is 0 Å². The van der Waals surface area contributed by atoms with Crippen LogP contribution < -0.4 is 9.64 Å². The van der Waals surface area contributed by atoms with Crippen molar-refractivity contribution in [2.75, 3.05) is 4.90 Å². The van der Waals surface area contributed by atoms with Gasteiger partial charge in [-0.1, -0.05) is 68.5 Å². The number of hydrogen-bond donors (Lipinski definition) is 0. The van der Waals surface area contributed by atoms with Crippen LogP contribution in [0.3, 0.4) is 0 Å². The number of carbonyl (C=O) groups excluding carboxylic acids is 2. The van der Waals surface area contributed by atoms with Crippen molar-refractivity contribution in [3.8, 4) is 11.5 Å². The summed E-state index contributed by atoms with van der Waals surface area (Å²) in [7, 11) is 0. The number of hydrogen-bond acceptors (Lipinski definition) is 3. The van der Waals surface area contributed by atoms with Crippen LogP contribution >= 0.6 is 0 Å². The molecule has 0 radical (unpaired) electrons. The van der Waals surface area contributed by atoms with E-state index in [0.717, 1.165) is 12.2 Å². The normalized spacial score (nSPS) is 25.2. The zero-order valence-electron chi connectivity index (χ0n) is 19.3. The van der Waals surface area contributed by atoms with Crippen LogP contribution in [0, 0.1) is 23.7 Å². The van der Waals surface area contributed by atoms with Crippen LogP contribution in [0.15, 0.2) is 91.0 Å². The summed E-state index contributed by atoms with van der Waals surface area (Å²) in [6, 6.07) is 25.8. The van der Waals surface area contributed by atoms with Gasteiger partial charge in [-0.2, -0.15) is 0 Å². The third-order valence-corrected chi connectivity index (χ3v) is 7.87. The standard InChI is InChI=1S/C30H27NO3/c1-30(2,21-6-4-3-5-7-21)22-10-14-24(15-11-22)34-25-16-12-23(13-17-25)31-28(32)26-19-8-9-20(18-19)27(26)29(31)33/h3-17,19-20,26-27H,18H2,1-2H3/t19-,20-,26-,27+/m0/s1. The maximum Gasteiger partial charge on any atom is 0.238 e. The van der Waals surface area contributed by atoms with Gasteiger partial charge < -0.3 is 4.74 Å². The number of allylic oxidation sites excluding steroid dienone is 2. The zero-order chi connectivity index (χ0) is 23.4. The molecule has 0 spiro atoms. The number of carbonyl (C=O) groups is 2. The number of nitrogens with zero attached hydrogens (tertiary/aromatic N) is 1. The number of rotatable bonds is 5. The molecular formula is C30H27NO3. The van der Waals surface area contributed by atoms with E-state index in [0.29, 0.717) is 11.4 Å². The minimum atomic E-state index is -0.183. The number of amides is 2. The Balaban J connectivity index is 1.17. The van der Waals surface area contributed by atoms with Crippen LogP contribution in [0.1, 0.15) is 31.4 Å². The van der Waals surface area contributed by atoms with E-state index in [2.05, 4.69) is 62.4 Å². The lowest BCUT2D eigenvalue weighted by atomic mass is 9.78. The van der Waals surface area contributed by atoms with Gasteiger partial charge in [0.2, 0.25) is 11.8 Å². The average molecular weight is 450 g/mol. The fourth-order valence-corrected chi connectivity index (χ4v) is 5.92. The third-order valence-electron chi connectivity index (χ3n) is 7.87. The highest BCUT2D eigenvalue weighted by Gasteiger charge is 2.59. The third kappa shape index (κ3) is 3.20. The molecule has 4 atom stereocenters. The summed E-state index contributed by atoms with van der Waals surface area (Å²) >= 11 is 0. The molecule has 3 aromatic rings. The minimum absolute atomic E-state index is 0.0582. The van der Waals surface area contributed by atoms with Gasteiger partial charge in [0, 0.05) is 5.41 Å². The summed E-state index contributed by atoms with van der Waals surface area (Å²) in [4.78, 5) is 27.4. The second-order valence-electron chi connectivity index (χ2n) is 10.1. The van der Waals surface area contributed by atoms with Crippen molar-refractivity contribution in [2.24, 2.45) is 23.7 Å². The molecule has 3 aliphatic rings. The molecule has 1 saturated carbocycles. The number of imide groups is 1. The first kappa shape index (κ1) is 20.9. The van der Waals surface area contributed by atoms with E-state index in [9.17, 15) is 9.59 Å². The Morgan fingerprint density at radius 2 is 1.21 bits per heavy atom. The summed E-state index contributed by atoms with van der Waals surface area (Å²) in [5, 5.41) is 0. The summed E-state index contributed by atoms with van der Waals surface area (Å²) in [5.41, 5.74) is 2.99. The van der Waals surface area contributed by atoms with Crippen LogP contribution in [-0.2, 0) is 15.0 Å². The number of benzene rings is 3. The van der Waals surface area contributed by atoms with Gasteiger partial charge in [0.1, 0.15) is 11.5 Å². The zero-order valence-corrected chi connectivity index (χ0v) is 19.3. The molecule has 3 aromatic carbocycles. The molecule has 1 aliphatic heterocycles. The highest BCUT2D eigenvalue weighted by atomic mass is 16.5. The van der Waals surface area contributed by atoms with Crippen LogP contribution in [0.4, 0.5) is 5.69 Å². The predicted molar refractivity (Wildman–Crippen MR) is 132 cm³/mol. The minimum Gasteiger partial charge on any atom is -0.457 e. The van der Waals surface area contributed by atoms with E-state index >= 15 is 0 Å². The van der Waals surface area contributed by atoms with E-state index in [-0.39, 0.29) is 40.9 Å². The van der Waals surface area contributed by atoms with Crippen molar-refractivity contribution < 1.29 is 14.3 Å². The van der Waals surface area contributed by atoms with Crippen molar-refractivity contribution in [3.05, 3.63) is 102 Å². The molecule has 2 amide bonds. The number of anilines is 1. The van der Waals surface area contributed by atoms with Gasteiger partial charge in [-0.25, -0.2) is 0 Å². The monoisotopic (exact) mass is 449 g/mol. The molecule has 4 nitrogen and oxygen atoms in total. The van der Waals surface area contributed by atoms with Crippen molar-refractivity contribution in [1.82, 2.24) is 0 Å². The quantitative estimate of drug-likeness (QED) is 0.348. The Hall–Kier alpha value is -3.66. The Morgan fingerprint density at radius 3 is 1.76 bits per heavy atom. The van der Waals surface area contributed by atoms with Crippen LogP contribution in [0.25, 0.3) is 0 Å². The van der Waals surface area contributed by atoms with Gasteiger partial charge in [-0.3, -0.25) is 14.5 Å². The van der Waals surface area contributed by atoms with Gasteiger partial charge in [0.15, 0.2) is 0 Å². The van der Waals surface area contributed by atoms with Gasteiger partial charge in [0.05, 0.1) is 17.5 Å². The molecule has 4 heteroatoms. The van der Waals surface area contributed by atoms with Crippen molar-refractivity contribution in [1.29, 1.82) is 0 Å². The van der Waals surface area contributed by atoms with E-state index in [4.69, 9.17) is 4.74 Å². The maximum atomic E-state index is 13.0. The first-order valence-corrected chi connectivity index (χ1v) is 11.9. The SMILES string of the molecule is CC(C)(c1ccccc1)c1ccc(Oc2ccc(N3C(=O)[C@@H]4[C@H](C3=O)[C@H]3C=C[C@H]4C3)cc2)cc1. The molecule has 0 aromatic heterocycles. The van der Waals surface area contributed by atoms with Gasteiger partial charge in [0.25, 0.3) is 0 Å². The molecule has 2 aliphatic carbocycles. The first-order chi connectivity index (χ1) is 16.4. The average Bonchev–Trinajstić information content (AvgIpc) is 3.54. The Bertz CT molecular complexity index is 1240. The second-order valence-corrected chi connectivity index (χ2v) is 10.1. The van der Waals surface area contributed by atoms with Crippen molar-refractivity contribution >= 4 is 17.5 Å². The van der Waals surface area contributed by atoms with E-state index in [1.54, 1.807) is 12.1 Å². The van der Waals surface area contributed by atoms with Gasteiger partial charge in [-0.05, 0) is 65.8 Å². The highest BCUT2D eigenvalue weighted by molar-refractivity contribution is 6.22. The lowest BCUT2D eigenvalue weighted by Crippen LogP contribution is -2.32. The van der Waals surface area contributed by atoms with Crippen molar-refractivity contribution in [3.63, 3.8) is 0 Å². The number of fused-ring (bicyclic) bond motifs is 5. The summed E-state index contributed by atoms with van der Waals surface area (Å²) in [6.07, 6.45) is 5.17. The summed E-state index contributed by atoms with van der Waals surface area (Å²) < 4.78 is 6.04. The molecule has 2 bridgehead atoms. The smallest absolute Gasteiger partial charge is 0.238 e. The molecule has 1 saturated heterocycles. The van der Waals surface area contributed by atoms with Crippen LogP contribution in [0.5, 0.6) is 11.5 Å². The molecule has 34 heavy (non-hydrogen) atoms. The Morgan fingerprint density at radius 1 is 0.706 bits per heavy atom. The molecule has 2 fully saturated rings. The lowest BCUT2D eigenvalue weighted by molar-refractivity contribution is -0.123. The highest BCUT2D eigenvalue weighted by Crippen LogP contribution is 2.53. The van der Waals surface area contributed by atoms with E-state index in [1.165, 1.54) is 16.0 Å². The first-order valence-electron chi connectivity index (χ1n) is 11.9. The fourth-order valence-electron chi connectivity index (χ4n) is 5.92. The number of ether oxygens (including phenoxy) is 1. The molecule has 6 rings (SSSR count).